The SMILES string of the molecule is COc1ccccc1N(CCC(=O)NCc1cccnc1)C(C)=O. The largest absolute Gasteiger partial charge is 0.495 e. The van der Waals surface area contributed by atoms with E-state index in [9.17, 15) is 9.59 Å². The number of methoxy groups -OCH3 is 1. The molecule has 0 radical (unpaired) electrons. The molecule has 1 aromatic heterocycles. The minimum atomic E-state index is -0.139. The lowest BCUT2D eigenvalue weighted by atomic mass is 10.2. The summed E-state index contributed by atoms with van der Waals surface area (Å²) in [5.74, 6) is 0.336. The molecule has 126 valence electrons. The summed E-state index contributed by atoms with van der Waals surface area (Å²) in [4.78, 5) is 29.5. The fourth-order valence-corrected chi connectivity index (χ4v) is 2.31. The molecule has 1 aromatic carbocycles. The first kappa shape index (κ1) is 17.5. The third-order valence-electron chi connectivity index (χ3n) is 3.53. The van der Waals surface area contributed by atoms with Gasteiger partial charge in [-0.25, -0.2) is 0 Å². The van der Waals surface area contributed by atoms with Crippen molar-refractivity contribution >= 4 is 17.5 Å². The Morgan fingerprint density at radius 1 is 1.21 bits per heavy atom. The smallest absolute Gasteiger partial charge is 0.223 e. The van der Waals surface area contributed by atoms with E-state index < -0.39 is 0 Å². The molecular formula is C18H21N3O3. The molecule has 2 aromatic rings. The Kier molecular flexibility index (Phi) is 6.31. The maximum atomic E-state index is 12.0. The maximum Gasteiger partial charge on any atom is 0.223 e. The van der Waals surface area contributed by atoms with E-state index in [1.54, 1.807) is 36.5 Å². The fraction of sp³-hybridized carbons (Fsp3) is 0.278. The number of amides is 2. The van der Waals surface area contributed by atoms with Crippen molar-refractivity contribution < 1.29 is 14.3 Å². The summed E-state index contributed by atoms with van der Waals surface area (Å²) in [5.41, 5.74) is 1.59. The lowest BCUT2D eigenvalue weighted by molar-refractivity contribution is -0.121. The molecule has 24 heavy (non-hydrogen) atoms. The van der Waals surface area contributed by atoms with E-state index in [1.165, 1.54) is 6.92 Å². The quantitative estimate of drug-likeness (QED) is 0.846. The average Bonchev–Trinajstić information content (AvgIpc) is 2.61. The number of anilines is 1. The van der Waals surface area contributed by atoms with Crippen LogP contribution in [0.3, 0.4) is 0 Å². The molecule has 0 atom stereocenters. The van der Waals surface area contributed by atoms with Crippen molar-refractivity contribution in [3.8, 4) is 5.75 Å². The maximum absolute atomic E-state index is 12.0. The molecule has 1 N–H and O–H groups in total. The first-order valence-corrected chi connectivity index (χ1v) is 7.68. The zero-order valence-corrected chi connectivity index (χ0v) is 13.9. The van der Waals surface area contributed by atoms with Crippen molar-refractivity contribution in [3.63, 3.8) is 0 Å². The van der Waals surface area contributed by atoms with E-state index >= 15 is 0 Å². The Morgan fingerprint density at radius 3 is 2.67 bits per heavy atom. The van der Waals surface area contributed by atoms with Crippen LogP contribution >= 0.6 is 0 Å². The third kappa shape index (κ3) is 4.81. The number of hydrogen-bond donors (Lipinski definition) is 1. The second-order valence-corrected chi connectivity index (χ2v) is 5.23. The number of aromatic nitrogens is 1. The zero-order valence-electron chi connectivity index (χ0n) is 13.9. The minimum Gasteiger partial charge on any atom is -0.495 e. The number of ether oxygens (including phenoxy) is 1. The van der Waals surface area contributed by atoms with Crippen molar-refractivity contribution in [3.05, 3.63) is 54.4 Å². The Hall–Kier alpha value is -2.89. The van der Waals surface area contributed by atoms with Gasteiger partial charge in [0.25, 0.3) is 0 Å². The minimum absolute atomic E-state index is 0.125. The van der Waals surface area contributed by atoms with Crippen LogP contribution in [0.15, 0.2) is 48.8 Å². The van der Waals surface area contributed by atoms with Crippen LogP contribution in [0.5, 0.6) is 5.75 Å². The summed E-state index contributed by atoms with van der Waals surface area (Å²) in [6.07, 6.45) is 3.60. The van der Waals surface area contributed by atoms with Gasteiger partial charge in [0, 0.05) is 38.8 Å². The number of carbonyl (C=O) groups is 2. The van der Waals surface area contributed by atoms with Gasteiger partial charge in [-0.1, -0.05) is 18.2 Å². The number of benzene rings is 1. The highest BCUT2D eigenvalue weighted by molar-refractivity contribution is 5.93. The Balaban J connectivity index is 1.94. The van der Waals surface area contributed by atoms with Gasteiger partial charge in [0.05, 0.1) is 12.8 Å². The Labute approximate surface area is 141 Å². The van der Waals surface area contributed by atoms with Gasteiger partial charge < -0.3 is 15.0 Å². The van der Waals surface area contributed by atoms with Crippen LogP contribution in [0.25, 0.3) is 0 Å². The molecule has 0 fully saturated rings. The standard InChI is InChI=1S/C18H21N3O3/c1-14(22)21(16-7-3-4-8-17(16)24-2)11-9-18(23)20-13-15-6-5-10-19-12-15/h3-8,10,12H,9,11,13H2,1-2H3,(H,20,23). The molecule has 0 saturated heterocycles. The van der Waals surface area contributed by atoms with Crippen molar-refractivity contribution in [1.29, 1.82) is 0 Å². The number of nitrogens with one attached hydrogen (secondary N) is 1. The monoisotopic (exact) mass is 327 g/mol. The molecule has 0 spiro atoms. The van der Waals surface area contributed by atoms with Crippen molar-refractivity contribution in [2.75, 3.05) is 18.6 Å². The molecule has 0 aliphatic carbocycles. The molecule has 6 nitrogen and oxygen atoms in total. The summed E-state index contributed by atoms with van der Waals surface area (Å²) in [7, 11) is 1.55. The van der Waals surface area contributed by atoms with Crippen LogP contribution in [0, 0.1) is 0 Å². The molecule has 2 amide bonds. The zero-order chi connectivity index (χ0) is 17.4. The lowest BCUT2D eigenvalue weighted by Gasteiger charge is -2.23. The molecule has 6 heteroatoms. The second kappa shape index (κ2) is 8.67. The van der Waals surface area contributed by atoms with Crippen LogP contribution in [0.1, 0.15) is 18.9 Å². The number of hydrogen-bond acceptors (Lipinski definition) is 4. The number of carbonyl (C=O) groups excluding carboxylic acids is 2. The Bertz CT molecular complexity index is 689. The van der Waals surface area contributed by atoms with Gasteiger partial charge in [0.15, 0.2) is 0 Å². The number of para-hydroxylation sites is 2. The van der Waals surface area contributed by atoms with Crippen LogP contribution in [-0.4, -0.2) is 30.5 Å². The van der Waals surface area contributed by atoms with Crippen LogP contribution in [-0.2, 0) is 16.1 Å². The van der Waals surface area contributed by atoms with E-state index in [2.05, 4.69) is 10.3 Å². The molecule has 1 heterocycles. The molecular weight excluding hydrogens is 306 g/mol. The van der Waals surface area contributed by atoms with Crippen LogP contribution in [0.4, 0.5) is 5.69 Å². The predicted molar refractivity (Wildman–Crippen MR) is 91.7 cm³/mol. The van der Waals surface area contributed by atoms with Gasteiger partial charge in [-0.3, -0.25) is 14.6 Å². The number of pyridine rings is 1. The fourth-order valence-electron chi connectivity index (χ4n) is 2.31. The van der Waals surface area contributed by atoms with E-state index in [0.29, 0.717) is 18.0 Å². The number of nitrogens with zero attached hydrogens (tertiary/aromatic N) is 2. The van der Waals surface area contributed by atoms with E-state index in [4.69, 9.17) is 4.74 Å². The molecule has 0 aliphatic heterocycles. The van der Waals surface area contributed by atoms with E-state index in [1.807, 2.05) is 24.3 Å². The van der Waals surface area contributed by atoms with E-state index in [-0.39, 0.29) is 24.8 Å². The van der Waals surface area contributed by atoms with Gasteiger partial charge in [0.1, 0.15) is 5.75 Å². The van der Waals surface area contributed by atoms with Gasteiger partial charge in [-0.2, -0.15) is 0 Å². The van der Waals surface area contributed by atoms with Gasteiger partial charge >= 0.3 is 0 Å². The molecule has 0 aliphatic rings. The summed E-state index contributed by atoms with van der Waals surface area (Å²) in [6, 6.07) is 11.0. The predicted octanol–water partition coefficient (Wildman–Crippen LogP) is 2.15. The van der Waals surface area contributed by atoms with Crippen LogP contribution < -0.4 is 15.0 Å². The van der Waals surface area contributed by atoms with Crippen molar-refractivity contribution in [2.24, 2.45) is 0 Å². The number of rotatable bonds is 7. The lowest BCUT2D eigenvalue weighted by Crippen LogP contribution is -2.34. The highest BCUT2D eigenvalue weighted by atomic mass is 16.5. The van der Waals surface area contributed by atoms with Crippen LogP contribution in [0.2, 0.25) is 0 Å². The highest BCUT2D eigenvalue weighted by Crippen LogP contribution is 2.27. The molecule has 0 bridgehead atoms. The normalized spacial score (nSPS) is 10.1. The first-order valence-electron chi connectivity index (χ1n) is 7.68. The van der Waals surface area contributed by atoms with E-state index in [0.717, 1.165) is 5.56 Å². The molecule has 0 saturated carbocycles. The van der Waals surface area contributed by atoms with Gasteiger partial charge in [0.2, 0.25) is 11.8 Å². The summed E-state index contributed by atoms with van der Waals surface area (Å²) in [5, 5.41) is 2.83. The summed E-state index contributed by atoms with van der Waals surface area (Å²) in [6.45, 7) is 2.18. The summed E-state index contributed by atoms with van der Waals surface area (Å²) >= 11 is 0. The Morgan fingerprint density at radius 2 is 2.00 bits per heavy atom. The first-order chi connectivity index (χ1) is 11.6. The second-order valence-electron chi connectivity index (χ2n) is 5.23. The topological polar surface area (TPSA) is 71.5 Å². The van der Waals surface area contributed by atoms with Gasteiger partial charge in [-0.05, 0) is 23.8 Å². The highest BCUT2D eigenvalue weighted by Gasteiger charge is 2.16. The van der Waals surface area contributed by atoms with Gasteiger partial charge in [-0.15, -0.1) is 0 Å². The average molecular weight is 327 g/mol. The molecule has 2 rings (SSSR count). The molecule has 0 unspecified atom stereocenters. The summed E-state index contributed by atoms with van der Waals surface area (Å²) < 4.78 is 5.29. The van der Waals surface area contributed by atoms with Crippen molar-refractivity contribution in [2.45, 2.75) is 19.9 Å². The van der Waals surface area contributed by atoms with Crippen molar-refractivity contribution in [1.82, 2.24) is 10.3 Å². The third-order valence-corrected chi connectivity index (χ3v) is 3.53.